The minimum Gasteiger partial charge on any atom is -0.394 e. The lowest BCUT2D eigenvalue weighted by atomic mass is 9.87. The van der Waals surface area contributed by atoms with Gasteiger partial charge in [-0.1, -0.05) is 42.5 Å². The van der Waals surface area contributed by atoms with Crippen molar-refractivity contribution in [2.45, 2.75) is 44.2 Å². The summed E-state index contributed by atoms with van der Waals surface area (Å²) in [4.78, 5) is 13.1. The third kappa shape index (κ3) is 8.11. The average Bonchev–Trinajstić information content (AvgIpc) is 2.88. The summed E-state index contributed by atoms with van der Waals surface area (Å²) in [5, 5.41) is 12.9. The standard InChI is InChI=1S/C29H36FN3O4S/c1-21(24-11-13-26(30)14-12-24)32-28(35)25-16-23(17-27(18-25)33(2)38(3,36)37)10-7-15-29(31,20-34)19-22-8-5-4-6-9-22/h4-6,8-9,11-14,16-18,21,34H,7,10,15,19-20,31H2,1-3H3,(H,32,35)/t21-,29-/m1/s1. The number of aliphatic hydroxyl groups excluding tert-OH is 1. The molecule has 0 aliphatic rings. The molecule has 3 aromatic rings. The molecule has 0 aromatic heterocycles. The number of nitrogens with one attached hydrogen (secondary N) is 1. The highest BCUT2D eigenvalue weighted by Gasteiger charge is 2.24. The van der Waals surface area contributed by atoms with Gasteiger partial charge in [0.15, 0.2) is 0 Å². The van der Waals surface area contributed by atoms with E-state index in [1.807, 2.05) is 30.3 Å². The molecule has 0 heterocycles. The lowest BCUT2D eigenvalue weighted by Gasteiger charge is -2.27. The fraction of sp³-hybridized carbons (Fsp3) is 0.345. The summed E-state index contributed by atoms with van der Waals surface area (Å²) in [7, 11) is -2.12. The van der Waals surface area contributed by atoms with E-state index in [1.165, 1.54) is 25.2 Å². The van der Waals surface area contributed by atoms with E-state index < -0.39 is 15.6 Å². The molecule has 4 N–H and O–H groups in total. The predicted molar refractivity (Wildman–Crippen MR) is 149 cm³/mol. The number of amides is 1. The Kier molecular flexibility index (Phi) is 9.65. The van der Waals surface area contributed by atoms with Crippen LogP contribution in [0, 0.1) is 5.82 Å². The molecule has 0 fully saturated rings. The molecule has 7 nitrogen and oxygen atoms in total. The van der Waals surface area contributed by atoms with E-state index in [-0.39, 0.29) is 24.4 Å². The summed E-state index contributed by atoms with van der Waals surface area (Å²) in [5.74, 6) is -0.737. The van der Waals surface area contributed by atoms with Gasteiger partial charge >= 0.3 is 0 Å². The third-order valence-corrected chi connectivity index (χ3v) is 7.88. The molecule has 9 heteroatoms. The molecule has 204 valence electrons. The van der Waals surface area contributed by atoms with Crippen molar-refractivity contribution in [3.63, 3.8) is 0 Å². The van der Waals surface area contributed by atoms with Crippen molar-refractivity contribution in [2.24, 2.45) is 5.73 Å². The second kappa shape index (κ2) is 12.5. The van der Waals surface area contributed by atoms with Gasteiger partial charge in [-0.25, -0.2) is 12.8 Å². The highest BCUT2D eigenvalue weighted by atomic mass is 32.2. The van der Waals surface area contributed by atoms with Gasteiger partial charge in [-0.3, -0.25) is 9.10 Å². The molecule has 0 aliphatic carbocycles. The first-order valence-electron chi connectivity index (χ1n) is 12.5. The summed E-state index contributed by atoms with van der Waals surface area (Å²) in [6, 6.07) is 20.2. The van der Waals surface area contributed by atoms with E-state index >= 15 is 0 Å². The second-order valence-corrected chi connectivity index (χ2v) is 11.9. The zero-order valence-electron chi connectivity index (χ0n) is 22.0. The van der Waals surface area contributed by atoms with Gasteiger partial charge in [0.05, 0.1) is 24.6 Å². The fourth-order valence-electron chi connectivity index (χ4n) is 4.31. The maximum absolute atomic E-state index is 13.3. The lowest BCUT2D eigenvalue weighted by molar-refractivity contribution is 0.0939. The third-order valence-electron chi connectivity index (χ3n) is 6.67. The number of halogens is 1. The van der Waals surface area contributed by atoms with E-state index in [9.17, 15) is 22.7 Å². The largest absolute Gasteiger partial charge is 0.394 e. The average molecular weight is 542 g/mol. The minimum absolute atomic E-state index is 0.173. The van der Waals surface area contributed by atoms with Crippen molar-refractivity contribution in [3.05, 3.63) is 101 Å². The number of aryl methyl sites for hydroxylation is 1. The van der Waals surface area contributed by atoms with Gasteiger partial charge in [-0.05, 0) is 79.6 Å². The Hall–Kier alpha value is -3.27. The normalized spacial score (nSPS) is 13.9. The molecule has 0 unspecified atom stereocenters. The smallest absolute Gasteiger partial charge is 0.251 e. The second-order valence-electron chi connectivity index (χ2n) is 9.90. The van der Waals surface area contributed by atoms with Crippen LogP contribution < -0.4 is 15.4 Å². The van der Waals surface area contributed by atoms with Crippen molar-refractivity contribution in [2.75, 3.05) is 24.2 Å². The molecular formula is C29H36FN3O4S. The van der Waals surface area contributed by atoms with Gasteiger partial charge in [0.2, 0.25) is 10.0 Å². The topological polar surface area (TPSA) is 113 Å². The number of aliphatic hydroxyl groups is 1. The summed E-state index contributed by atoms with van der Waals surface area (Å²) >= 11 is 0. The number of nitrogens with zero attached hydrogens (tertiary/aromatic N) is 1. The summed E-state index contributed by atoms with van der Waals surface area (Å²) < 4.78 is 38.9. The Morgan fingerprint density at radius 2 is 1.74 bits per heavy atom. The number of sulfonamides is 1. The van der Waals surface area contributed by atoms with Gasteiger partial charge in [-0.15, -0.1) is 0 Å². The van der Waals surface area contributed by atoms with Crippen LogP contribution in [0.5, 0.6) is 0 Å². The zero-order chi connectivity index (χ0) is 27.9. The molecular weight excluding hydrogens is 505 g/mol. The first kappa shape index (κ1) is 29.3. The van der Waals surface area contributed by atoms with E-state index in [0.29, 0.717) is 36.9 Å². The fourth-order valence-corrected chi connectivity index (χ4v) is 4.80. The number of nitrogens with two attached hydrogens (primary N) is 1. The Balaban J connectivity index is 1.79. The first-order chi connectivity index (χ1) is 17.9. The van der Waals surface area contributed by atoms with E-state index in [0.717, 1.165) is 27.3 Å². The van der Waals surface area contributed by atoms with Crippen molar-refractivity contribution < 1.29 is 22.7 Å². The van der Waals surface area contributed by atoms with Crippen LogP contribution in [0.3, 0.4) is 0 Å². The highest BCUT2D eigenvalue weighted by Crippen LogP contribution is 2.24. The van der Waals surface area contributed by atoms with Gasteiger partial charge in [0, 0.05) is 18.2 Å². The van der Waals surface area contributed by atoms with Gasteiger partial charge in [0.1, 0.15) is 5.82 Å². The maximum Gasteiger partial charge on any atom is 0.251 e. The first-order valence-corrected chi connectivity index (χ1v) is 14.3. The Labute approximate surface area is 224 Å². The number of anilines is 1. The van der Waals surface area contributed by atoms with Crippen LogP contribution >= 0.6 is 0 Å². The molecule has 1 amide bonds. The summed E-state index contributed by atoms with van der Waals surface area (Å²) in [6.45, 7) is 1.62. The Morgan fingerprint density at radius 1 is 1.08 bits per heavy atom. The number of benzene rings is 3. The van der Waals surface area contributed by atoms with Crippen LogP contribution in [0.15, 0.2) is 72.8 Å². The van der Waals surface area contributed by atoms with Crippen LogP contribution in [-0.2, 0) is 22.9 Å². The number of carbonyl (C=O) groups is 1. The zero-order valence-corrected chi connectivity index (χ0v) is 22.8. The molecule has 38 heavy (non-hydrogen) atoms. The van der Waals surface area contributed by atoms with Crippen molar-refractivity contribution in [1.82, 2.24) is 5.32 Å². The van der Waals surface area contributed by atoms with Crippen LogP contribution in [0.1, 0.15) is 52.9 Å². The minimum atomic E-state index is -3.55. The predicted octanol–water partition coefficient (Wildman–Crippen LogP) is 3.97. The lowest BCUT2D eigenvalue weighted by Crippen LogP contribution is -2.45. The molecule has 0 saturated carbocycles. The number of carbonyl (C=O) groups excluding carboxylic acids is 1. The van der Waals surface area contributed by atoms with Crippen molar-refractivity contribution >= 4 is 21.6 Å². The quantitative estimate of drug-likeness (QED) is 0.321. The van der Waals surface area contributed by atoms with E-state index in [4.69, 9.17) is 5.73 Å². The number of rotatable bonds is 12. The number of hydrogen-bond donors (Lipinski definition) is 3. The van der Waals surface area contributed by atoms with E-state index in [2.05, 4.69) is 5.32 Å². The van der Waals surface area contributed by atoms with Gasteiger partial charge in [-0.2, -0.15) is 0 Å². The monoisotopic (exact) mass is 541 g/mol. The van der Waals surface area contributed by atoms with Crippen LogP contribution in [0.2, 0.25) is 0 Å². The van der Waals surface area contributed by atoms with Crippen molar-refractivity contribution in [1.29, 1.82) is 0 Å². The molecule has 0 saturated heterocycles. The van der Waals surface area contributed by atoms with Crippen LogP contribution in [-0.4, -0.2) is 44.9 Å². The Morgan fingerprint density at radius 3 is 2.34 bits per heavy atom. The van der Waals surface area contributed by atoms with Crippen molar-refractivity contribution in [3.8, 4) is 0 Å². The highest BCUT2D eigenvalue weighted by molar-refractivity contribution is 7.92. The molecule has 0 radical (unpaired) electrons. The van der Waals surface area contributed by atoms with Gasteiger partial charge in [0.25, 0.3) is 5.91 Å². The van der Waals surface area contributed by atoms with Crippen LogP contribution in [0.4, 0.5) is 10.1 Å². The van der Waals surface area contributed by atoms with Crippen LogP contribution in [0.25, 0.3) is 0 Å². The van der Waals surface area contributed by atoms with Gasteiger partial charge < -0.3 is 16.2 Å². The summed E-state index contributed by atoms with van der Waals surface area (Å²) in [6.07, 6.45) is 3.32. The molecule has 2 atom stereocenters. The molecule has 3 rings (SSSR count). The molecule has 3 aromatic carbocycles. The number of hydrogen-bond acceptors (Lipinski definition) is 5. The maximum atomic E-state index is 13.3. The van der Waals surface area contributed by atoms with E-state index in [1.54, 1.807) is 31.2 Å². The molecule has 0 aliphatic heterocycles. The SMILES string of the molecule is C[C@@H](NC(=O)c1cc(CCC[C@](N)(CO)Cc2ccccc2)cc(N(C)S(C)(=O)=O)c1)c1ccc(F)cc1. The molecule has 0 spiro atoms. The summed E-state index contributed by atoms with van der Waals surface area (Å²) in [5.41, 5.74) is 8.94. The molecule has 0 bridgehead atoms. The Bertz CT molecular complexity index is 1330.